The summed E-state index contributed by atoms with van der Waals surface area (Å²) in [5.41, 5.74) is 7.68. The van der Waals surface area contributed by atoms with E-state index in [0.29, 0.717) is 38.0 Å². The molecule has 1 aliphatic rings. The Morgan fingerprint density at radius 3 is 2.26 bits per heavy atom. The predicted octanol–water partition coefficient (Wildman–Crippen LogP) is 2.48. The number of para-hydroxylation sites is 1. The predicted molar refractivity (Wildman–Crippen MR) is 120 cm³/mol. The number of aryl methyl sites for hydroxylation is 2. The number of anilines is 1. The zero-order valence-electron chi connectivity index (χ0n) is 18.0. The monoisotopic (exact) mass is 443 g/mol. The van der Waals surface area contributed by atoms with Crippen molar-refractivity contribution in [1.82, 2.24) is 4.90 Å². The molecule has 0 atom stereocenters. The molecule has 0 unspecified atom stereocenters. The molecule has 0 aromatic heterocycles. The highest BCUT2D eigenvalue weighted by Crippen LogP contribution is 2.28. The van der Waals surface area contributed by atoms with Crippen LogP contribution in [0.15, 0.2) is 53.4 Å². The SMILES string of the molecule is CCc1ccccc1N(CC(=O)N1CCC(C(N)=O)CC1)S(=O)(=O)c1ccc(C)cc1. The maximum atomic E-state index is 13.6. The third-order valence-corrected chi connectivity index (χ3v) is 7.55. The van der Waals surface area contributed by atoms with E-state index in [1.54, 1.807) is 41.3 Å². The van der Waals surface area contributed by atoms with Crippen molar-refractivity contribution in [2.45, 2.75) is 38.0 Å². The summed E-state index contributed by atoms with van der Waals surface area (Å²) in [6, 6.07) is 13.8. The lowest BCUT2D eigenvalue weighted by Crippen LogP contribution is -2.47. The highest BCUT2D eigenvalue weighted by molar-refractivity contribution is 7.92. The van der Waals surface area contributed by atoms with Crippen LogP contribution in [0.3, 0.4) is 0 Å². The minimum atomic E-state index is -3.95. The fourth-order valence-electron chi connectivity index (χ4n) is 3.83. The summed E-state index contributed by atoms with van der Waals surface area (Å²) in [6.45, 7) is 4.32. The molecule has 7 nitrogen and oxygen atoms in total. The van der Waals surface area contributed by atoms with Crippen LogP contribution in [0.1, 0.15) is 30.9 Å². The van der Waals surface area contributed by atoms with Crippen LogP contribution in [0.5, 0.6) is 0 Å². The van der Waals surface area contributed by atoms with E-state index in [2.05, 4.69) is 0 Å². The Morgan fingerprint density at radius 1 is 1.06 bits per heavy atom. The first kappa shape index (κ1) is 22.8. The molecule has 0 spiro atoms. The van der Waals surface area contributed by atoms with Gasteiger partial charge in [-0.1, -0.05) is 42.8 Å². The average molecular weight is 444 g/mol. The first-order chi connectivity index (χ1) is 14.7. The highest BCUT2D eigenvalue weighted by Gasteiger charge is 2.32. The first-order valence-corrected chi connectivity index (χ1v) is 11.9. The van der Waals surface area contributed by atoms with Gasteiger partial charge < -0.3 is 10.6 Å². The number of hydrogen-bond acceptors (Lipinski definition) is 4. The zero-order chi connectivity index (χ0) is 22.6. The molecular weight excluding hydrogens is 414 g/mol. The summed E-state index contributed by atoms with van der Waals surface area (Å²) in [5, 5.41) is 0. The van der Waals surface area contributed by atoms with E-state index in [1.807, 2.05) is 26.0 Å². The van der Waals surface area contributed by atoms with Crippen molar-refractivity contribution >= 4 is 27.5 Å². The van der Waals surface area contributed by atoms with Crippen LogP contribution in [-0.4, -0.2) is 44.8 Å². The number of carbonyl (C=O) groups excluding carboxylic acids is 2. The van der Waals surface area contributed by atoms with Gasteiger partial charge >= 0.3 is 0 Å². The van der Waals surface area contributed by atoms with Crippen LogP contribution >= 0.6 is 0 Å². The normalized spacial score (nSPS) is 15.0. The van der Waals surface area contributed by atoms with Crippen molar-refractivity contribution in [3.63, 3.8) is 0 Å². The number of rotatable bonds is 7. The first-order valence-electron chi connectivity index (χ1n) is 10.5. The van der Waals surface area contributed by atoms with Crippen molar-refractivity contribution in [1.29, 1.82) is 0 Å². The number of nitrogens with zero attached hydrogens (tertiary/aromatic N) is 2. The maximum absolute atomic E-state index is 13.6. The van der Waals surface area contributed by atoms with E-state index < -0.39 is 10.0 Å². The number of amides is 2. The zero-order valence-corrected chi connectivity index (χ0v) is 18.8. The Hall–Kier alpha value is -2.87. The van der Waals surface area contributed by atoms with E-state index in [9.17, 15) is 18.0 Å². The lowest BCUT2D eigenvalue weighted by molar-refractivity contribution is -0.133. The summed E-state index contributed by atoms with van der Waals surface area (Å²) in [6.07, 6.45) is 1.63. The number of nitrogens with two attached hydrogens (primary N) is 1. The Bertz CT molecular complexity index is 1040. The second-order valence-corrected chi connectivity index (χ2v) is 9.73. The van der Waals surface area contributed by atoms with E-state index in [4.69, 9.17) is 5.73 Å². The topological polar surface area (TPSA) is 101 Å². The molecule has 2 N–H and O–H groups in total. The molecule has 8 heteroatoms. The van der Waals surface area contributed by atoms with Gasteiger partial charge in [-0.3, -0.25) is 13.9 Å². The third-order valence-electron chi connectivity index (χ3n) is 5.78. The number of sulfonamides is 1. The van der Waals surface area contributed by atoms with Gasteiger partial charge in [0.2, 0.25) is 11.8 Å². The second kappa shape index (κ2) is 9.51. The van der Waals surface area contributed by atoms with Gasteiger partial charge in [0, 0.05) is 19.0 Å². The van der Waals surface area contributed by atoms with E-state index in [0.717, 1.165) is 11.1 Å². The molecule has 1 heterocycles. The summed E-state index contributed by atoms with van der Waals surface area (Å²) in [4.78, 5) is 26.3. The van der Waals surface area contributed by atoms with Gasteiger partial charge in [-0.25, -0.2) is 8.42 Å². The Kier molecular flexibility index (Phi) is 7.00. The summed E-state index contributed by atoms with van der Waals surface area (Å²) in [5.74, 6) is -0.880. The van der Waals surface area contributed by atoms with Gasteiger partial charge in [0.05, 0.1) is 10.6 Å². The van der Waals surface area contributed by atoms with Gasteiger partial charge in [-0.15, -0.1) is 0 Å². The van der Waals surface area contributed by atoms with Crippen molar-refractivity contribution in [2.75, 3.05) is 23.9 Å². The van der Waals surface area contributed by atoms with Crippen LogP contribution in [0.2, 0.25) is 0 Å². The van der Waals surface area contributed by atoms with Gasteiger partial charge in [0.25, 0.3) is 10.0 Å². The summed E-state index contributed by atoms with van der Waals surface area (Å²) < 4.78 is 28.3. The quantitative estimate of drug-likeness (QED) is 0.710. The summed E-state index contributed by atoms with van der Waals surface area (Å²) >= 11 is 0. The molecule has 0 saturated carbocycles. The van der Waals surface area contributed by atoms with Crippen LogP contribution in [-0.2, 0) is 26.0 Å². The molecule has 0 aliphatic carbocycles. The third kappa shape index (κ3) is 5.07. The highest BCUT2D eigenvalue weighted by atomic mass is 32.2. The molecule has 3 rings (SSSR count). The Labute approximate surface area is 183 Å². The van der Waals surface area contributed by atoms with Gasteiger partial charge in [0.1, 0.15) is 6.54 Å². The van der Waals surface area contributed by atoms with Gasteiger partial charge in [-0.2, -0.15) is 0 Å². The molecule has 1 aliphatic heterocycles. The molecule has 0 radical (unpaired) electrons. The number of primary amides is 1. The minimum Gasteiger partial charge on any atom is -0.369 e. The lowest BCUT2D eigenvalue weighted by Gasteiger charge is -2.33. The molecule has 2 aromatic rings. The average Bonchev–Trinajstić information content (AvgIpc) is 2.77. The van der Waals surface area contributed by atoms with Crippen LogP contribution in [0, 0.1) is 12.8 Å². The molecule has 2 aromatic carbocycles. The van der Waals surface area contributed by atoms with Crippen molar-refractivity contribution in [3.8, 4) is 0 Å². The van der Waals surface area contributed by atoms with Crippen LogP contribution < -0.4 is 10.0 Å². The smallest absolute Gasteiger partial charge is 0.264 e. The number of hydrogen-bond donors (Lipinski definition) is 1. The van der Waals surface area contributed by atoms with Crippen molar-refractivity contribution < 1.29 is 18.0 Å². The van der Waals surface area contributed by atoms with Gasteiger partial charge in [0.15, 0.2) is 0 Å². The second-order valence-electron chi connectivity index (χ2n) is 7.86. The van der Waals surface area contributed by atoms with Crippen LogP contribution in [0.4, 0.5) is 5.69 Å². The molecule has 2 amide bonds. The van der Waals surface area contributed by atoms with Crippen molar-refractivity contribution in [2.24, 2.45) is 11.7 Å². The minimum absolute atomic E-state index is 0.143. The standard InChI is InChI=1S/C23H29N3O4S/c1-3-18-6-4-5-7-21(18)26(31(29,30)20-10-8-17(2)9-11-20)16-22(27)25-14-12-19(13-15-25)23(24)28/h4-11,19H,3,12-16H2,1-2H3,(H2,24,28). The number of piperidine rings is 1. The molecule has 1 fully saturated rings. The Balaban J connectivity index is 1.92. The Morgan fingerprint density at radius 2 is 1.68 bits per heavy atom. The van der Waals surface area contributed by atoms with E-state index >= 15 is 0 Å². The molecule has 0 bridgehead atoms. The molecule has 166 valence electrons. The number of likely N-dealkylation sites (tertiary alicyclic amines) is 1. The lowest BCUT2D eigenvalue weighted by atomic mass is 9.96. The summed E-state index contributed by atoms with van der Waals surface area (Å²) in [7, 11) is -3.95. The van der Waals surface area contributed by atoms with E-state index in [-0.39, 0.29) is 29.2 Å². The van der Waals surface area contributed by atoms with Gasteiger partial charge in [-0.05, 0) is 49.9 Å². The maximum Gasteiger partial charge on any atom is 0.264 e. The largest absolute Gasteiger partial charge is 0.369 e. The fourth-order valence-corrected chi connectivity index (χ4v) is 5.28. The molecule has 31 heavy (non-hydrogen) atoms. The molecule has 1 saturated heterocycles. The van der Waals surface area contributed by atoms with E-state index in [1.165, 1.54) is 4.31 Å². The number of carbonyl (C=O) groups is 2. The fraction of sp³-hybridized carbons (Fsp3) is 0.391. The number of benzene rings is 2. The molecular formula is C23H29N3O4S. The van der Waals surface area contributed by atoms with Crippen LogP contribution in [0.25, 0.3) is 0 Å². The van der Waals surface area contributed by atoms with Crippen molar-refractivity contribution in [3.05, 3.63) is 59.7 Å².